The first-order valence-electron chi connectivity index (χ1n) is 6.72. The maximum Gasteiger partial charge on any atom is 0.128 e. The Bertz CT molecular complexity index is 392. The van der Waals surface area contributed by atoms with Crippen molar-refractivity contribution in [3.05, 3.63) is 35.6 Å². The van der Waals surface area contributed by atoms with Gasteiger partial charge in [-0.2, -0.15) is 0 Å². The molecule has 2 unspecified atom stereocenters. The summed E-state index contributed by atoms with van der Waals surface area (Å²) >= 11 is 0. The molecule has 0 heterocycles. The summed E-state index contributed by atoms with van der Waals surface area (Å²) in [6.07, 6.45) is 2.51. The average molecular weight is 251 g/mol. The van der Waals surface area contributed by atoms with E-state index in [1.165, 1.54) is 18.9 Å². The third kappa shape index (κ3) is 3.30. The molecule has 0 bridgehead atoms. The van der Waals surface area contributed by atoms with Crippen molar-refractivity contribution < 1.29 is 9.50 Å². The highest BCUT2D eigenvalue weighted by Crippen LogP contribution is 2.34. The number of nitrogens with zero attached hydrogens (tertiary/aromatic N) is 1. The van der Waals surface area contributed by atoms with Crippen LogP contribution in [0.25, 0.3) is 0 Å². The molecule has 1 N–H and O–H groups in total. The molecule has 2 atom stereocenters. The molecule has 0 aliphatic heterocycles. The van der Waals surface area contributed by atoms with Gasteiger partial charge in [-0.25, -0.2) is 4.39 Å². The fourth-order valence-electron chi connectivity index (χ4n) is 2.37. The van der Waals surface area contributed by atoms with Gasteiger partial charge in [-0.05, 0) is 45.2 Å². The number of hydrogen-bond acceptors (Lipinski definition) is 2. The number of aliphatic hydroxyl groups is 1. The van der Waals surface area contributed by atoms with Crippen LogP contribution in [0.5, 0.6) is 0 Å². The van der Waals surface area contributed by atoms with Gasteiger partial charge >= 0.3 is 0 Å². The topological polar surface area (TPSA) is 23.5 Å². The number of rotatable bonds is 6. The van der Waals surface area contributed by atoms with Crippen LogP contribution in [0, 0.1) is 11.7 Å². The van der Waals surface area contributed by atoms with Gasteiger partial charge in [0.2, 0.25) is 0 Å². The Hall–Kier alpha value is -0.930. The van der Waals surface area contributed by atoms with Crippen molar-refractivity contribution in [3.8, 4) is 0 Å². The Morgan fingerprint density at radius 1 is 1.39 bits per heavy atom. The van der Waals surface area contributed by atoms with Crippen LogP contribution in [0.4, 0.5) is 4.39 Å². The molecule has 1 aromatic carbocycles. The highest BCUT2D eigenvalue weighted by molar-refractivity contribution is 5.19. The lowest BCUT2D eigenvalue weighted by molar-refractivity contribution is 0.131. The van der Waals surface area contributed by atoms with E-state index in [9.17, 15) is 9.50 Å². The highest BCUT2D eigenvalue weighted by atomic mass is 19.1. The second-order valence-corrected chi connectivity index (χ2v) is 5.38. The molecule has 100 valence electrons. The summed E-state index contributed by atoms with van der Waals surface area (Å²) in [6.45, 7) is 3.03. The largest absolute Gasteiger partial charge is 0.388 e. The van der Waals surface area contributed by atoms with E-state index in [1.54, 1.807) is 18.2 Å². The fraction of sp³-hybridized carbons (Fsp3) is 0.600. The fourth-order valence-corrected chi connectivity index (χ4v) is 2.37. The predicted molar refractivity (Wildman–Crippen MR) is 70.8 cm³/mol. The average Bonchev–Trinajstić information content (AvgIpc) is 3.19. The van der Waals surface area contributed by atoms with E-state index >= 15 is 0 Å². The van der Waals surface area contributed by atoms with Crippen LogP contribution in [-0.4, -0.2) is 29.6 Å². The molecular formula is C15H22FNO. The van der Waals surface area contributed by atoms with E-state index in [0.717, 1.165) is 12.5 Å². The second-order valence-electron chi connectivity index (χ2n) is 5.38. The van der Waals surface area contributed by atoms with Crippen LogP contribution in [-0.2, 0) is 0 Å². The van der Waals surface area contributed by atoms with Crippen molar-refractivity contribution in [3.63, 3.8) is 0 Å². The standard InChI is InChI=1S/C15H22FNO/c1-11(12-7-8-12)17(2)10-9-15(18)13-5-3-4-6-14(13)16/h3-6,11-12,15,18H,7-10H2,1-2H3. The third-order valence-corrected chi connectivity index (χ3v) is 4.02. The number of benzene rings is 1. The van der Waals surface area contributed by atoms with Crippen molar-refractivity contribution >= 4 is 0 Å². The van der Waals surface area contributed by atoms with Gasteiger partial charge in [-0.3, -0.25) is 0 Å². The van der Waals surface area contributed by atoms with Gasteiger partial charge in [0.15, 0.2) is 0 Å². The SMILES string of the molecule is CC(C1CC1)N(C)CCC(O)c1ccccc1F. The molecule has 2 nitrogen and oxygen atoms in total. The Kier molecular flexibility index (Phi) is 4.36. The minimum atomic E-state index is -0.708. The molecule has 0 spiro atoms. The monoisotopic (exact) mass is 251 g/mol. The number of hydrogen-bond donors (Lipinski definition) is 1. The van der Waals surface area contributed by atoms with Crippen LogP contribution >= 0.6 is 0 Å². The van der Waals surface area contributed by atoms with Crippen LogP contribution in [0.2, 0.25) is 0 Å². The van der Waals surface area contributed by atoms with Crippen molar-refractivity contribution in [1.29, 1.82) is 0 Å². The van der Waals surface area contributed by atoms with Gasteiger partial charge in [0, 0.05) is 18.2 Å². The molecule has 2 rings (SSSR count). The predicted octanol–water partition coefficient (Wildman–Crippen LogP) is 2.98. The second kappa shape index (κ2) is 5.81. The molecule has 0 radical (unpaired) electrons. The van der Waals surface area contributed by atoms with Gasteiger partial charge in [-0.1, -0.05) is 18.2 Å². The normalized spacial score (nSPS) is 18.9. The summed E-state index contributed by atoms with van der Waals surface area (Å²) in [5, 5.41) is 10.0. The molecule has 1 aliphatic rings. The van der Waals surface area contributed by atoms with E-state index in [4.69, 9.17) is 0 Å². The zero-order valence-corrected chi connectivity index (χ0v) is 11.1. The summed E-state index contributed by atoms with van der Waals surface area (Å²) in [4.78, 5) is 2.27. The first-order chi connectivity index (χ1) is 8.59. The maximum atomic E-state index is 13.5. The van der Waals surface area contributed by atoms with Gasteiger partial charge in [0.1, 0.15) is 5.82 Å². The zero-order valence-electron chi connectivity index (χ0n) is 11.1. The van der Waals surface area contributed by atoms with E-state index in [1.807, 2.05) is 0 Å². The lowest BCUT2D eigenvalue weighted by atomic mass is 10.1. The van der Waals surface area contributed by atoms with Crippen molar-refractivity contribution in [2.75, 3.05) is 13.6 Å². The molecule has 0 aromatic heterocycles. The minimum Gasteiger partial charge on any atom is -0.388 e. The van der Waals surface area contributed by atoms with Crippen molar-refractivity contribution in [2.45, 2.75) is 38.3 Å². The quantitative estimate of drug-likeness (QED) is 0.840. The summed E-state index contributed by atoms with van der Waals surface area (Å²) < 4.78 is 13.5. The molecule has 0 saturated heterocycles. The molecule has 1 aliphatic carbocycles. The summed E-state index contributed by atoms with van der Waals surface area (Å²) in [7, 11) is 2.08. The Labute approximate surface area is 108 Å². The van der Waals surface area contributed by atoms with E-state index in [0.29, 0.717) is 18.0 Å². The van der Waals surface area contributed by atoms with Crippen LogP contribution in [0.3, 0.4) is 0 Å². The first kappa shape index (κ1) is 13.5. The molecule has 1 fully saturated rings. The molecule has 1 aromatic rings. The molecular weight excluding hydrogens is 229 g/mol. The van der Waals surface area contributed by atoms with Crippen LogP contribution in [0.1, 0.15) is 37.9 Å². The first-order valence-corrected chi connectivity index (χ1v) is 6.72. The smallest absolute Gasteiger partial charge is 0.128 e. The minimum absolute atomic E-state index is 0.317. The third-order valence-electron chi connectivity index (χ3n) is 4.02. The van der Waals surface area contributed by atoms with Crippen molar-refractivity contribution in [2.24, 2.45) is 5.92 Å². The maximum absolute atomic E-state index is 13.5. The highest BCUT2D eigenvalue weighted by Gasteiger charge is 2.30. The Morgan fingerprint density at radius 2 is 2.06 bits per heavy atom. The Balaban J connectivity index is 1.84. The van der Waals surface area contributed by atoms with E-state index < -0.39 is 6.10 Å². The van der Waals surface area contributed by atoms with Gasteiger partial charge in [0.25, 0.3) is 0 Å². The van der Waals surface area contributed by atoms with Gasteiger partial charge in [-0.15, -0.1) is 0 Å². The lowest BCUT2D eigenvalue weighted by Crippen LogP contribution is -2.32. The summed E-state index contributed by atoms with van der Waals surface area (Å²) in [5.41, 5.74) is 0.407. The lowest BCUT2D eigenvalue weighted by Gasteiger charge is -2.25. The number of halogens is 1. The van der Waals surface area contributed by atoms with Crippen LogP contribution < -0.4 is 0 Å². The van der Waals surface area contributed by atoms with Crippen molar-refractivity contribution in [1.82, 2.24) is 4.90 Å². The molecule has 1 saturated carbocycles. The Morgan fingerprint density at radius 3 is 2.67 bits per heavy atom. The molecule has 0 amide bonds. The van der Waals surface area contributed by atoms with Crippen LogP contribution in [0.15, 0.2) is 24.3 Å². The van der Waals surface area contributed by atoms with E-state index in [2.05, 4.69) is 18.9 Å². The summed E-state index contributed by atoms with van der Waals surface area (Å²) in [5.74, 6) is 0.503. The van der Waals surface area contributed by atoms with Gasteiger partial charge in [0.05, 0.1) is 6.10 Å². The summed E-state index contributed by atoms with van der Waals surface area (Å²) in [6, 6.07) is 7.03. The van der Waals surface area contributed by atoms with Gasteiger partial charge < -0.3 is 10.0 Å². The molecule has 3 heteroatoms. The molecule has 18 heavy (non-hydrogen) atoms. The van der Waals surface area contributed by atoms with E-state index in [-0.39, 0.29) is 5.82 Å². The zero-order chi connectivity index (χ0) is 13.1. The number of aliphatic hydroxyl groups excluding tert-OH is 1.